The number of carbonyl (C=O) groups is 1. The minimum absolute atomic E-state index is 0.0690. The fourth-order valence-electron chi connectivity index (χ4n) is 1.41. The van der Waals surface area contributed by atoms with E-state index < -0.39 is 6.10 Å². The number of amides is 1. The average Bonchev–Trinajstić information content (AvgIpc) is 2.34. The van der Waals surface area contributed by atoms with Crippen molar-refractivity contribution in [2.75, 3.05) is 13.2 Å². The molecule has 0 spiro atoms. The molecule has 0 aliphatic heterocycles. The SMILES string of the molecule is CC(C)CNC(=O)COc1ccc([C@@H](C)O)cc1Cl. The molecule has 106 valence electrons. The van der Waals surface area contributed by atoms with Crippen LogP contribution in [-0.4, -0.2) is 24.2 Å². The highest BCUT2D eigenvalue weighted by Crippen LogP contribution is 2.27. The van der Waals surface area contributed by atoms with Gasteiger partial charge in [-0.15, -0.1) is 0 Å². The molecule has 0 aliphatic carbocycles. The summed E-state index contributed by atoms with van der Waals surface area (Å²) in [5, 5.41) is 12.6. The van der Waals surface area contributed by atoms with Crippen LogP contribution in [0.5, 0.6) is 5.75 Å². The number of ether oxygens (including phenoxy) is 1. The van der Waals surface area contributed by atoms with Crippen molar-refractivity contribution < 1.29 is 14.6 Å². The van der Waals surface area contributed by atoms with Crippen LogP contribution in [0.25, 0.3) is 0 Å². The highest BCUT2D eigenvalue weighted by Gasteiger charge is 2.09. The zero-order chi connectivity index (χ0) is 14.4. The number of carbonyl (C=O) groups excluding carboxylic acids is 1. The standard InChI is InChI=1S/C14H20ClNO3/c1-9(2)7-16-14(18)8-19-13-5-4-11(10(3)17)6-12(13)15/h4-6,9-10,17H,7-8H2,1-3H3,(H,16,18)/t10-/m1/s1. The Kier molecular flexibility index (Phi) is 6.12. The van der Waals surface area contributed by atoms with Gasteiger partial charge in [-0.05, 0) is 30.5 Å². The molecule has 0 aromatic heterocycles. The summed E-state index contributed by atoms with van der Waals surface area (Å²) >= 11 is 6.02. The molecule has 1 rings (SSSR count). The number of benzene rings is 1. The fourth-order valence-corrected chi connectivity index (χ4v) is 1.65. The highest BCUT2D eigenvalue weighted by molar-refractivity contribution is 6.32. The summed E-state index contributed by atoms with van der Waals surface area (Å²) in [6.07, 6.45) is -0.583. The van der Waals surface area contributed by atoms with E-state index in [9.17, 15) is 9.90 Å². The Bertz CT molecular complexity index is 433. The molecule has 2 N–H and O–H groups in total. The van der Waals surface area contributed by atoms with E-state index in [0.29, 0.717) is 28.8 Å². The lowest BCUT2D eigenvalue weighted by Crippen LogP contribution is -2.31. The Hall–Kier alpha value is -1.26. The maximum absolute atomic E-state index is 11.5. The Morgan fingerprint density at radius 1 is 1.42 bits per heavy atom. The van der Waals surface area contributed by atoms with Crippen molar-refractivity contribution in [1.29, 1.82) is 0 Å². The topological polar surface area (TPSA) is 58.6 Å². The second kappa shape index (κ2) is 7.36. The van der Waals surface area contributed by atoms with Gasteiger partial charge in [0.1, 0.15) is 5.75 Å². The number of aliphatic hydroxyl groups excluding tert-OH is 1. The van der Waals surface area contributed by atoms with E-state index in [1.165, 1.54) is 0 Å². The van der Waals surface area contributed by atoms with Crippen molar-refractivity contribution >= 4 is 17.5 Å². The minimum Gasteiger partial charge on any atom is -0.482 e. The van der Waals surface area contributed by atoms with Gasteiger partial charge in [0, 0.05) is 6.54 Å². The first-order chi connectivity index (χ1) is 8.90. The minimum atomic E-state index is -0.583. The van der Waals surface area contributed by atoms with Gasteiger partial charge in [0.25, 0.3) is 5.91 Å². The number of halogens is 1. The van der Waals surface area contributed by atoms with Gasteiger partial charge in [-0.2, -0.15) is 0 Å². The van der Waals surface area contributed by atoms with E-state index >= 15 is 0 Å². The van der Waals surface area contributed by atoms with Crippen molar-refractivity contribution in [1.82, 2.24) is 5.32 Å². The molecule has 0 saturated heterocycles. The first-order valence-corrected chi connectivity index (χ1v) is 6.65. The molecular weight excluding hydrogens is 266 g/mol. The fraction of sp³-hybridized carbons (Fsp3) is 0.500. The molecule has 0 saturated carbocycles. The first kappa shape index (κ1) is 15.8. The largest absolute Gasteiger partial charge is 0.482 e. The van der Waals surface area contributed by atoms with E-state index in [1.54, 1.807) is 25.1 Å². The van der Waals surface area contributed by atoms with E-state index in [-0.39, 0.29) is 12.5 Å². The number of nitrogens with one attached hydrogen (secondary N) is 1. The average molecular weight is 286 g/mol. The van der Waals surface area contributed by atoms with Gasteiger partial charge in [-0.25, -0.2) is 0 Å². The van der Waals surface area contributed by atoms with E-state index in [4.69, 9.17) is 16.3 Å². The second-order valence-corrected chi connectivity index (χ2v) is 5.26. The molecule has 1 aromatic rings. The molecule has 1 amide bonds. The molecule has 4 nitrogen and oxygen atoms in total. The highest BCUT2D eigenvalue weighted by atomic mass is 35.5. The van der Waals surface area contributed by atoms with Crippen molar-refractivity contribution in [3.8, 4) is 5.75 Å². The first-order valence-electron chi connectivity index (χ1n) is 6.27. The maximum Gasteiger partial charge on any atom is 0.257 e. The summed E-state index contributed by atoms with van der Waals surface area (Å²) in [6.45, 7) is 6.25. The third kappa shape index (κ3) is 5.49. The molecule has 1 atom stereocenters. The molecule has 0 heterocycles. The van der Waals surface area contributed by atoms with Crippen LogP contribution in [0.4, 0.5) is 0 Å². The molecule has 0 bridgehead atoms. The molecule has 0 fully saturated rings. The Labute approximate surface area is 118 Å². The van der Waals surface area contributed by atoms with Gasteiger partial charge < -0.3 is 15.2 Å². The second-order valence-electron chi connectivity index (χ2n) is 4.85. The van der Waals surface area contributed by atoms with E-state index in [1.807, 2.05) is 13.8 Å². The smallest absolute Gasteiger partial charge is 0.257 e. The molecular formula is C14H20ClNO3. The van der Waals surface area contributed by atoms with Crippen molar-refractivity contribution in [2.45, 2.75) is 26.9 Å². The number of hydrogen-bond donors (Lipinski definition) is 2. The maximum atomic E-state index is 11.5. The van der Waals surface area contributed by atoms with Crippen molar-refractivity contribution in [3.63, 3.8) is 0 Å². The number of rotatable bonds is 6. The van der Waals surface area contributed by atoms with E-state index in [0.717, 1.165) is 0 Å². The zero-order valence-electron chi connectivity index (χ0n) is 11.4. The summed E-state index contributed by atoms with van der Waals surface area (Å²) in [4.78, 5) is 11.5. The lowest BCUT2D eigenvalue weighted by Gasteiger charge is -2.11. The molecule has 0 unspecified atom stereocenters. The van der Waals surface area contributed by atoms with Crippen LogP contribution < -0.4 is 10.1 Å². The molecule has 0 aliphatic rings. The van der Waals surface area contributed by atoms with Crippen LogP contribution in [0.15, 0.2) is 18.2 Å². The Morgan fingerprint density at radius 3 is 2.63 bits per heavy atom. The van der Waals surface area contributed by atoms with Gasteiger partial charge in [-0.1, -0.05) is 31.5 Å². The summed E-state index contributed by atoms with van der Waals surface area (Å²) in [6, 6.07) is 5.01. The van der Waals surface area contributed by atoms with Crippen LogP contribution in [0.1, 0.15) is 32.4 Å². The third-order valence-corrected chi connectivity index (χ3v) is 2.80. The van der Waals surface area contributed by atoms with Gasteiger partial charge in [-0.3, -0.25) is 4.79 Å². The van der Waals surface area contributed by atoms with Crippen molar-refractivity contribution in [2.24, 2.45) is 5.92 Å². The molecule has 19 heavy (non-hydrogen) atoms. The number of aliphatic hydroxyl groups is 1. The van der Waals surface area contributed by atoms with Gasteiger partial charge in [0.2, 0.25) is 0 Å². The number of hydrogen-bond acceptors (Lipinski definition) is 3. The summed E-state index contributed by atoms with van der Waals surface area (Å²) in [7, 11) is 0. The van der Waals surface area contributed by atoms with Gasteiger partial charge in [0.05, 0.1) is 11.1 Å². The molecule has 5 heteroatoms. The predicted molar refractivity (Wildman–Crippen MR) is 75.4 cm³/mol. The zero-order valence-corrected chi connectivity index (χ0v) is 12.2. The third-order valence-electron chi connectivity index (χ3n) is 2.50. The van der Waals surface area contributed by atoms with Crippen LogP contribution >= 0.6 is 11.6 Å². The van der Waals surface area contributed by atoms with Crippen LogP contribution in [-0.2, 0) is 4.79 Å². The van der Waals surface area contributed by atoms with E-state index in [2.05, 4.69) is 5.32 Å². The van der Waals surface area contributed by atoms with Crippen LogP contribution in [0.3, 0.4) is 0 Å². The Morgan fingerprint density at radius 2 is 2.11 bits per heavy atom. The van der Waals surface area contributed by atoms with Crippen LogP contribution in [0, 0.1) is 5.92 Å². The summed E-state index contributed by atoms with van der Waals surface area (Å²) in [5.41, 5.74) is 0.710. The summed E-state index contributed by atoms with van der Waals surface area (Å²) < 4.78 is 5.34. The predicted octanol–water partition coefficient (Wildman–Crippen LogP) is 2.54. The van der Waals surface area contributed by atoms with Gasteiger partial charge in [0.15, 0.2) is 6.61 Å². The van der Waals surface area contributed by atoms with Crippen molar-refractivity contribution in [3.05, 3.63) is 28.8 Å². The summed E-state index contributed by atoms with van der Waals surface area (Å²) in [5.74, 6) is 0.660. The molecule has 1 aromatic carbocycles. The van der Waals surface area contributed by atoms with Crippen LogP contribution in [0.2, 0.25) is 5.02 Å². The Balaban J connectivity index is 2.51. The van der Waals surface area contributed by atoms with Gasteiger partial charge >= 0.3 is 0 Å². The monoisotopic (exact) mass is 285 g/mol. The lowest BCUT2D eigenvalue weighted by molar-refractivity contribution is -0.123. The molecule has 0 radical (unpaired) electrons. The lowest BCUT2D eigenvalue weighted by atomic mass is 10.1. The quantitative estimate of drug-likeness (QED) is 0.844. The normalized spacial score (nSPS) is 12.3.